The first-order chi connectivity index (χ1) is 15.0. The monoisotopic (exact) mass is 558 g/mol. The lowest BCUT2D eigenvalue weighted by Gasteiger charge is -2.23. The van der Waals surface area contributed by atoms with Gasteiger partial charge in [0.1, 0.15) is 17.3 Å². The summed E-state index contributed by atoms with van der Waals surface area (Å²) in [5.41, 5.74) is 1.77. The predicted molar refractivity (Wildman–Crippen MR) is 136 cm³/mol. The van der Waals surface area contributed by atoms with Crippen LogP contribution in [0.3, 0.4) is 0 Å². The van der Waals surface area contributed by atoms with Crippen LogP contribution in [0.25, 0.3) is 0 Å². The third-order valence-electron chi connectivity index (χ3n) is 4.57. The molecule has 7 nitrogen and oxygen atoms in total. The number of amides is 1. The second kappa shape index (κ2) is 14.5. The Morgan fingerprint density at radius 2 is 1.81 bits per heavy atom. The number of halogens is 2. The van der Waals surface area contributed by atoms with E-state index in [1.165, 1.54) is 12.1 Å². The first kappa shape index (κ1) is 27.5. The Bertz CT molecular complexity index is 878. The number of hydrogen-bond acceptors (Lipinski definition) is 4. The van der Waals surface area contributed by atoms with Crippen molar-refractivity contribution < 1.29 is 18.7 Å². The van der Waals surface area contributed by atoms with E-state index in [4.69, 9.17) is 9.47 Å². The summed E-state index contributed by atoms with van der Waals surface area (Å²) in [5.74, 6) is 1.78. The number of carbonyl (C=O) groups is 1. The Morgan fingerprint density at radius 3 is 2.44 bits per heavy atom. The van der Waals surface area contributed by atoms with Gasteiger partial charge in [0.25, 0.3) is 0 Å². The van der Waals surface area contributed by atoms with Crippen LogP contribution >= 0.6 is 24.0 Å². The molecule has 0 aliphatic carbocycles. The molecule has 0 aliphatic rings. The Kier molecular flexibility index (Phi) is 12.4. The van der Waals surface area contributed by atoms with Gasteiger partial charge in [-0.15, -0.1) is 24.0 Å². The van der Waals surface area contributed by atoms with Gasteiger partial charge < -0.3 is 25.0 Å². The molecule has 0 saturated heterocycles. The van der Waals surface area contributed by atoms with Gasteiger partial charge in [-0.2, -0.15) is 0 Å². The van der Waals surface area contributed by atoms with E-state index < -0.39 is 0 Å². The van der Waals surface area contributed by atoms with E-state index in [1.807, 2.05) is 37.1 Å². The lowest BCUT2D eigenvalue weighted by Crippen LogP contribution is -2.39. The summed E-state index contributed by atoms with van der Waals surface area (Å²) in [6.45, 7) is 4.16. The van der Waals surface area contributed by atoms with E-state index in [-0.39, 0.29) is 42.1 Å². The zero-order valence-corrected chi connectivity index (χ0v) is 21.3. The van der Waals surface area contributed by atoms with Crippen molar-refractivity contribution in [1.82, 2.24) is 15.5 Å². The molecule has 9 heteroatoms. The van der Waals surface area contributed by atoms with E-state index >= 15 is 0 Å². The molecule has 2 aromatic rings. The minimum Gasteiger partial charge on any atom is -0.497 e. The average molecular weight is 558 g/mol. The molecular formula is C23H32FIN4O3. The molecule has 0 aromatic heterocycles. The second-order valence-electron chi connectivity index (χ2n) is 6.92. The molecule has 0 fully saturated rings. The summed E-state index contributed by atoms with van der Waals surface area (Å²) >= 11 is 0. The number of methoxy groups -OCH3 is 2. The standard InChI is InChI=1S/C23H31FN4O3.HI/c1-5-25-23(28(2)16-18-8-11-20(30-3)15-21(18)31-4)27-13-12-26-22(29)14-17-6-9-19(24)10-7-17;/h6-11,15H,5,12-14,16H2,1-4H3,(H,25,27)(H,26,29);1H. The molecule has 0 unspecified atom stereocenters. The smallest absolute Gasteiger partial charge is 0.224 e. The Hall–Kier alpha value is -2.56. The second-order valence-corrected chi connectivity index (χ2v) is 6.92. The fraction of sp³-hybridized carbons (Fsp3) is 0.391. The van der Waals surface area contributed by atoms with Gasteiger partial charge in [-0.05, 0) is 36.8 Å². The Balaban J connectivity index is 0.00000512. The van der Waals surface area contributed by atoms with Crippen molar-refractivity contribution in [2.75, 3.05) is 40.9 Å². The highest BCUT2D eigenvalue weighted by Crippen LogP contribution is 2.25. The molecule has 0 heterocycles. The van der Waals surface area contributed by atoms with Crippen molar-refractivity contribution in [3.8, 4) is 11.5 Å². The molecule has 1 amide bonds. The summed E-state index contributed by atoms with van der Waals surface area (Å²) in [6, 6.07) is 11.6. The maximum atomic E-state index is 13.0. The number of carbonyl (C=O) groups excluding carboxylic acids is 1. The quantitative estimate of drug-likeness (QED) is 0.203. The van der Waals surface area contributed by atoms with Crippen LogP contribution in [-0.2, 0) is 17.8 Å². The molecule has 0 radical (unpaired) electrons. The predicted octanol–water partition coefficient (Wildman–Crippen LogP) is 3.22. The number of benzene rings is 2. The molecule has 176 valence electrons. The SMILES string of the molecule is CCNC(=NCCNC(=O)Cc1ccc(F)cc1)N(C)Cc1ccc(OC)cc1OC.I. The Morgan fingerprint density at radius 1 is 1.09 bits per heavy atom. The molecule has 32 heavy (non-hydrogen) atoms. The van der Waals surface area contributed by atoms with Crippen molar-refractivity contribution in [3.05, 3.63) is 59.4 Å². The summed E-state index contributed by atoms with van der Waals surface area (Å²) in [4.78, 5) is 18.6. The minimum absolute atomic E-state index is 0. The first-order valence-electron chi connectivity index (χ1n) is 10.2. The summed E-state index contributed by atoms with van der Waals surface area (Å²) in [5, 5.41) is 6.10. The zero-order chi connectivity index (χ0) is 22.6. The van der Waals surface area contributed by atoms with Gasteiger partial charge in [-0.1, -0.05) is 12.1 Å². The van der Waals surface area contributed by atoms with E-state index in [0.717, 1.165) is 35.1 Å². The van der Waals surface area contributed by atoms with Crippen molar-refractivity contribution in [2.45, 2.75) is 19.9 Å². The molecule has 0 bridgehead atoms. The minimum atomic E-state index is -0.314. The third kappa shape index (κ3) is 8.89. The molecule has 0 saturated carbocycles. The van der Waals surface area contributed by atoms with Gasteiger partial charge in [0.15, 0.2) is 5.96 Å². The van der Waals surface area contributed by atoms with Gasteiger partial charge in [-0.3, -0.25) is 9.79 Å². The van der Waals surface area contributed by atoms with Crippen molar-refractivity contribution in [3.63, 3.8) is 0 Å². The molecule has 2 N–H and O–H groups in total. The number of rotatable bonds is 10. The van der Waals surface area contributed by atoms with Crippen LogP contribution in [0.5, 0.6) is 11.5 Å². The first-order valence-corrected chi connectivity index (χ1v) is 10.2. The van der Waals surface area contributed by atoms with E-state index in [0.29, 0.717) is 19.6 Å². The maximum absolute atomic E-state index is 13.0. The normalized spacial score (nSPS) is 10.7. The number of ether oxygens (including phenoxy) is 2. The van der Waals surface area contributed by atoms with E-state index in [9.17, 15) is 9.18 Å². The maximum Gasteiger partial charge on any atom is 0.224 e. The zero-order valence-electron chi connectivity index (χ0n) is 19.0. The number of hydrogen-bond donors (Lipinski definition) is 2. The highest BCUT2D eigenvalue weighted by Gasteiger charge is 2.11. The highest BCUT2D eigenvalue weighted by molar-refractivity contribution is 14.0. The molecular weight excluding hydrogens is 526 g/mol. The van der Waals surface area contributed by atoms with Gasteiger partial charge in [0.2, 0.25) is 5.91 Å². The fourth-order valence-corrected chi connectivity index (χ4v) is 2.99. The van der Waals surface area contributed by atoms with E-state index in [1.54, 1.807) is 26.4 Å². The highest BCUT2D eigenvalue weighted by atomic mass is 127. The topological polar surface area (TPSA) is 75.2 Å². The fourth-order valence-electron chi connectivity index (χ4n) is 2.99. The molecule has 2 rings (SSSR count). The molecule has 0 atom stereocenters. The lowest BCUT2D eigenvalue weighted by molar-refractivity contribution is -0.120. The summed E-state index contributed by atoms with van der Waals surface area (Å²) < 4.78 is 23.7. The van der Waals surface area contributed by atoms with Gasteiger partial charge >= 0.3 is 0 Å². The van der Waals surface area contributed by atoms with Crippen molar-refractivity contribution >= 4 is 35.8 Å². The van der Waals surface area contributed by atoms with Gasteiger partial charge in [0, 0.05) is 38.3 Å². The molecule has 0 aliphatic heterocycles. The largest absolute Gasteiger partial charge is 0.497 e. The molecule has 2 aromatic carbocycles. The van der Waals surface area contributed by atoms with Crippen LogP contribution in [0, 0.1) is 5.82 Å². The van der Waals surface area contributed by atoms with Crippen LogP contribution in [-0.4, -0.2) is 57.7 Å². The van der Waals surface area contributed by atoms with Crippen LogP contribution in [0.2, 0.25) is 0 Å². The van der Waals surface area contributed by atoms with Crippen molar-refractivity contribution in [1.29, 1.82) is 0 Å². The van der Waals surface area contributed by atoms with Gasteiger partial charge in [-0.25, -0.2) is 4.39 Å². The van der Waals surface area contributed by atoms with Crippen LogP contribution in [0.1, 0.15) is 18.1 Å². The van der Waals surface area contributed by atoms with Gasteiger partial charge in [0.05, 0.1) is 27.2 Å². The van der Waals surface area contributed by atoms with Crippen LogP contribution in [0.15, 0.2) is 47.5 Å². The lowest BCUT2D eigenvalue weighted by atomic mass is 10.1. The summed E-state index contributed by atoms with van der Waals surface area (Å²) in [6.07, 6.45) is 0.210. The van der Waals surface area contributed by atoms with Crippen LogP contribution in [0.4, 0.5) is 4.39 Å². The van der Waals surface area contributed by atoms with E-state index in [2.05, 4.69) is 15.6 Å². The Labute approximate surface area is 206 Å². The number of aliphatic imine (C=N–C) groups is 1. The molecule has 0 spiro atoms. The average Bonchev–Trinajstić information content (AvgIpc) is 2.77. The number of guanidine groups is 1. The number of nitrogens with one attached hydrogen (secondary N) is 2. The summed E-state index contributed by atoms with van der Waals surface area (Å²) in [7, 11) is 5.19. The third-order valence-corrected chi connectivity index (χ3v) is 4.57. The number of nitrogens with zero attached hydrogens (tertiary/aromatic N) is 2. The van der Waals surface area contributed by atoms with Crippen LogP contribution < -0.4 is 20.1 Å². The van der Waals surface area contributed by atoms with Crippen molar-refractivity contribution in [2.24, 2.45) is 4.99 Å².